The van der Waals surface area contributed by atoms with Gasteiger partial charge in [-0.15, -0.1) is 22.7 Å². The van der Waals surface area contributed by atoms with Crippen molar-refractivity contribution in [3.05, 3.63) is 34.3 Å². The molecule has 0 saturated heterocycles. The molecule has 1 nitrogen and oxygen atoms in total. The van der Waals surface area contributed by atoms with Crippen LogP contribution >= 0.6 is 22.7 Å². The maximum absolute atomic E-state index is 13.2. The molecule has 0 N–H and O–H groups in total. The first kappa shape index (κ1) is 8.42. The largest absolute Gasteiger partial charge is 0.205 e. The Morgan fingerprint density at radius 1 is 1.46 bits per heavy atom. The molecule has 0 fully saturated rings. The molecule has 0 radical (unpaired) electrons. The van der Waals surface area contributed by atoms with E-state index in [1.54, 1.807) is 0 Å². The molecule has 0 saturated carbocycles. The minimum atomic E-state index is -0.302. The fraction of sp³-hybridized carbons (Fsp3) is 0. The zero-order chi connectivity index (χ0) is 9.26. The molecule has 64 valence electrons. The molecular formula is C9H4FNS2. The Kier molecular flexibility index (Phi) is 2.13. The Bertz CT molecular complexity index is 450. The second-order valence-corrected chi connectivity index (χ2v) is 4.38. The average molecular weight is 209 g/mol. The highest BCUT2D eigenvalue weighted by molar-refractivity contribution is 7.21. The maximum Gasteiger partial charge on any atom is 0.143 e. The molecule has 2 rings (SSSR count). The van der Waals surface area contributed by atoms with Crippen LogP contribution in [0.5, 0.6) is 0 Å². The summed E-state index contributed by atoms with van der Waals surface area (Å²) in [6.45, 7) is 0. The first-order chi connectivity index (χ1) is 6.31. The van der Waals surface area contributed by atoms with Crippen LogP contribution in [0.2, 0.25) is 0 Å². The molecule has 0 aliphatic heterocycles. The summed E-state index contributed by atoms with van der Waals surface area (Å²) >= 11 is 2.67. The summed E-state index contributed by atoms with van der Waals surface area (Å²) in [5.41, 5.74) is 0. The predicted molar refractivity (Wildman–Crippen MR) is 52.3 cm³/mol. The van der Waals surface area contributed by atoms with Gasteiger partial charge in [-0.1, -0.05) is 6.07 Å². The van der Waals surface area contributed by atoms with Crippen LogP contribution in [0.4, 0.5) is 4.39 Å². The summed E-state index contributed by atoms with van der Waals surface area (Å²) in [4.78, 5) is 1.86. The number of thiophene rings is 2. The average Bonchev–Trinajstić information content (AvgIpc) is 2.72. The number of nitriles is 1. The van der Waals surface area contributed by atoms with Crippen molar-refractivity contribution in [3.8, 4) is 15.8 Å². The van der Waals surface area contributed by atoms with Gasteiger partial charge in [0.15, 0.2) is 0 Å². The van der Waals surface area contributed by atoms with Crippen LogP contribution in [-0.2, 0) is 0 Å². The third-order valence-corrected chi connectivity index (χ3v) is 3.61. The second-order valence-electron chi connectivity index (χ2n) is 2.38. The fourth-order valence-corrected chi connectivity index (χ4v) is 2.69. The van der Waals surface area contributed by atoms with Gasteiger partial charge in [0, 0.05) is 10.9 Å². The summed E-state index contributed by atoms with van der Waals surface area (Å²) in [7, 11) is 0. The first-order valence-electron chi connectivity index (χ1n) is 3.54. The standard InChI is InChI=1S/C9H4FNS2/c10-7-4-6(5-11)13-9(7)8-2-1-3-12-8/h1-4H. The lowest BCUT2D eigenvalue weighted by molar-refractivity contribution is 0.636. The fourth-order valence-electron chi connectivity index (χ4n) is 1.000. The number of halogens is 1. The summed E-state index contributed by atoms with van der Waals surface area (Å²) < 4.78 is 13.2. The van der Waals surface area contributed by atoms with E-state index in [-0.39, 0.29) is 5.82 Å². The lowest BCUT2D eigenvalue weighted by Gasteiger charge is -1.88. The zero-order valence-electron chi connectivity index (χ0n) is 6.45. The van der Waals surface area contributed by atoms with Gasteiger partial charge in [-0.2, -0.15) is 5.26 Å². The number of rotatable bonds is 1. The van der Waals surface area contributed by atoms with Crippen molar-refractivity contribution in [1.82, 2.24) is 0 Å². The van der Waals surface area contributed by atoms with E-state index in [2.05, 4.69) is 0 Å². The van der Waals surface area contributed by atoms with Crippen LogP contribution in [0.1, 0.15) is 4.88 Å². The van der Waals surface area contributed by atoms with Gasteiger partial charge in [0.2, 0.25) is 0 Å². The lowest BCUT2D eigenvalue weighted by atomic mass is 10.3. The summed E-state index contributed by atoms with van der Waals surface area (Å²) in [5, 5.41) is 10.5. The maximum atomic E-state index is 13.2. The Labute approximate surface area is 82.7 Å². The van der Waals surface area contributed by atoms with Gasteiger partial charge < -0.3 is 0 Å². The van der Waals surface area contributed by atoms with Gasteiger partial charge in [-0.25, -0.2) is 4.39 Å². The van der Waals surface area contributed by atoms with E-state index in [1.807, 2.05) is 23.6 Å². The van der Waals surface area contributed by atoms with E-state index in [4.69, 9.17) is 5.26 Å². The molecule has 0 spiro atoms. The van der Waals surface area contributed by atoms with E-state index in [1.165, 1.54) is 28.7 Å². The van der Waals surface area contributed by atoms with Crippen LogP contribution in [0, 0.1) is 17.1 Å². The Morgan fingerprint density at radius 2 is 2.31 bits per heavy atom. The molecule has 0 unspecified atom stereocenters. The molecule has 0 aromatic carbocycles. The zero-order valence-corrected chi connectivity index (χ0v) is 8.08. The highest BCUT2D eigenvalue weighted by Crippen LogP contribution is 2.33. The number of nitrogens with zero attached hydrogens (tertiary/aromatic N) is 1. The van der Waals surface area contributed by atoms with Crippen LogP contribution in [0.15, 0.2) is 23.6 Å². The second kappa shape index (κ2) is 3.29. The molecule has 0 aliphatic rings. The van der Waals surface area contributed by atoms with Crippen LogP contribution in [0.25, 0.3) is 9.75 Å². The van der Waals surface area contributed by atoms with E-state index >= 15 is 0 Å². The van der Waals surface area contributed by atoms with Gasteiger partial charge >= 0.3 is 0 Å². The summed E-state index contributed by atoms with van der Waals surface area (Å²) in [6, 6.07) is 6.93. The van der Waals surface area contributed by atoms with Gasteiger partial charge in [0.05, 0.1) is 4.88 Å². The summed E-state index contributed by atoms with van der Waals surface area (Å²) in [5.74, 6) is -0.302. The Morgan fingerprint density at radius 3 is 2.85 bits per heavy atom. The Hall–Kier alpha value is -1.18. The van der Waals surface area contributed by atoms with Crippen LogP contribution in [0.3, 0.4) is 0 Å². The molecule has 0 amide bonds. The van der Waals surface area contributed by atoms with Crippen molar-refractivity contribution in [1.29, 1.82) is 5.26 Å². The summed E-state index contributed by atoms with van der Waals surface area (Å²) in [6.07, 6.45) is 0. The minimum absolute atomic E-state index is 0.302. The van der Waals surface area contributed by atoms with E-state index in [0.29, 0.717) is 9.75 Å². The molecule has 0 aliphatic carbocycles. The number of hydrogen-bond acceptors (Lipinski definition) is 3. The highest BCUT2D eigenvalue weighted by Gasteiger charge is 2.10. The Balaban J connectivity index is 2.54. The minimum Gasteiger partial charge on any atom is -0.205 e. The highest BCUT2D eigenvalue weighted by atomic mass is 32.1. The van der Waals surface area contributed by atoms with E-state index < -0.39 is 0 Å². The van der Waals surface area contributed by atoms with Crippen molar-refractivity contribution >= 4 is 22.7 Å². The van der Waals surface area contributed by atoms with Crippen LogP contribution in [-0.4, -0.2) is 0 Å². The van der Waals surface area contributed by atoms with E-state index in [0.717, 1.165) is 4.88 Å². The van der Waals surface area contributed by atoms with Crippen LogP contribution < -0.4 is 0 Å². The van der Waals surface area contributed by atoms with Gasteiger partial charge in [-0.3, -0.25) is 0 Å². The monoisotopic (exact) mass is 209 g/mol. The van der Waals surface area contributed by atoms with Crippen molar-refractivity contribution in [2.24, 2.45) is 0 Å². The van der Waals surface area contributed by atoms with Crippen molar-refractivity contribution in [3.63, 3.8) is 0 Å². The molecule has 0 atom stereocenters. The molecule has 4 heteroatoms. The van der Waals surface area contributed by atoms with Crippen molar-refractivity contribution in [2.45, 2.75) is 0 Å². The van der Waals surface area contributed by atoms with Crippen molar-refractivity contribution < 1.29 is 4.39 Å². The van der Waals surface area contributed by atoms with E-state index in [9.17, 15) is 4.39 Å². The molecule has 2 aromatic rings. The third kappa shape index (κ3) is 1.48. The smallest absolute Gasteiger partial charge is 0.143 e. The van der Waals surface area contributed by atoms with Gasteiger partial charge in [0.25, 0.3) is 0 Å². The first-order valence-corrected chi connectivity index (χ1v) is 5.24. The molecule has 2 aromatic heterocycles. The third-order valence-electron chi connectivity index (χ3n) is 1.54. The lowest BCUT2D eigenvalue weighted by Crippen LogP contribution is -1.67. The number of hydrogen-bond donors (Lipinski definition) is 0. The quantitative estimate of drug-likeness (QED) is 0.705. The predicted octanol–water partition coefficient (Wildman–Crippen LogP) is 3.49. The topological polar surface area (TPSA) is 23.8 Å². The SMILES string of the molecule is N#Cc1cc(F)c(-c2cccs2)s1. The molecule has 13 heavy (non-hydrogen) atoms. The normalized spacial score (nSPS) is 9.85. The molecular weight excluding hydrogens is 205 g/mol. The molecule has 2 heterocycles. The van der Waals surface area contributed by atoms with Crippen molar-refractivity contribution in [2.75, 3.05) is 0 Å². The van der Waals surface area contributed by atoms with Gasteiger partial charge in [0.1, 0.15) is 16.8 Å². The molecule has 0 bridgehead atoms. The van der Waals surface area contributed by atoms with Gasteiger partial charge in [-0.05, 0) is 11.4 Å².